The highest BCUT2D eigenvalue weighted by Crippen LogP contribution is 2.19. The van der Waals surface area contributed by atoms with Crippen molar-refractivity contribution in [3.63, 3.8) is 0 Å². The van der Waals surface area contributed by atoms with Gasteiger partial charge in [-0.2, -0.15) is 12.7 Å². The standard InChI is InChI=1S/C14H29N3O3S/c1-2-15-10-14-4-3-7-17(12-14)21(18,19)16-11-13-5-8-20-9-6-13/h13-16H,2-12H2,1H3. The zero-order valence-corrected chi connectivity index (χ0v) is 13.8. The Bertz CT molecular complexity index is 396. The molecule has 2 aliphatic rings. The van der Waals surface area contributed by atoms with Crippen molar-refractivity contribution in [1.29, 1.82) is 0 Å². The summed E-state index contributed by atoms with van der Waals surface area (Å²) in [6.45, 7) is 7.24. The van der Waals surface area contributed by atoms with E-state index in [1.165, 1.54) is 0 Å². The highest BCUT2D eigenvalue weighted by Gasteiger charge is 2.29. The van der Waals surface area contributed by atoms with Gasteiger partial charge >= 0.3 is 0 Å². The van der Waals surface area contributed by atoms with Gasteiger partial charge in [-0.25, -0.2) is 4.72 Å². The Hall–Kier alpha value is -0.210. The van der Waals surface area contributed by atoms with Crippen molar-refractivity contribution in [1.82, 2.24) is 14.3 Å². The number of hydrogen-bond acceptors (Lipinski definition) is 4. The fourth-order valence-corrected chi connectivity index (χ4v) is 4.43. The van der Waals surface area contributed by atoms with Crippen molar-refractivity contribution >= 4 is 10.2 Å². The third-order valence-corrected chi connectivity index (χ3v) is 5.94. The lowest BCUT2D eigenvalue weighted by Gasteiger charge is -2.32. The Morgan fingerprint density at radius 1 is 1.14 bits per heavy atom. The average molecular weight is 319 g/mol. The van der Waals surface area contributed by atoms with Gasteiger partial charge in [-0.05, 0) is 50.6 Å². The van der Waals surface area contributed by atoms with Crippen LogP contribution in [0.2, 0.25) is 0 Å². The van der Waals surface area contributed by atoms with E-state index < -0.39 is 10.2 Å². The summed E-state index contributed by atoms with van der Waals surface area (Å²) in [6.07, 6.45) is 3.96. The fourth-order valence-electron chi connectivity index (χ4n) is 3.03. The second-order valence-electron chi connectivity index (χ2n) is 6.08. The van der Waals surface area contributed by atoms with Crippen LogP contribution < -0.4 is 10.0 Å². The van der Waals surface area contributed by atoms with Gasteiger partial charge < -0.3 is 10.1 Å². The van der Waals surface area contributed by atoms with E-state index >= 15 is 0 Å². The van der Waals surface area contributed by atoms with Crippen LogP contribution >= 0.6 is 0 Å². The summed E-state index contributed by atoms with van der Waals surface area (Å²) < 4.78 is 34.5. The maximum atomic E-state index is 12.4. The van der Waals surface area contributed by atoms with E-state index in [2.05, 4.69) is 17.0 Å². The monoisotopic (exact) mass is 319 g/mol. The number of piperidine rings is 1. The van der Waals surface area contributed by atoms with E-state index in [9.17, 15) is 8.42 Å². The second-order valence-corrected chi connectivity index (χ2v) is 7.84. The maximum Gasteiger partial charge on any atom is 0.279 e. The first-order chi connectivity index (χ1) is 10.1. The van der Waals surface area contributed by atoms with Crippen LogP contribution in [0.4, 0.5) is 0 Å². The smallest absolute Gasteiger partial charge is 0.279 e. The highest BCUT2D eigenvalue weighted by molar-refractivity contribution is 7.87. The van der Waals surface area contributed by atoms with Crippen LogP contribution in [0.15, 0.2) is 0 Å². The molecule has 2 heterocycles. The molecule has 21 heavy (non-hydrogen) atoms. The molecule has 2 rings (SSSR count). The molecule has 1 unspecified atom stereocenters. The van der Waals surface area contributed by atoms with E-state index in [1.807, 2.05) is 0 Å². The van der Waals surface area contributed by atoms with Gasteiger partial charge in [0.1, 0.15) is 0 Å². The average Bonchev–Trinajstić information content (AvgIpc) is 2.52. The molecule has 2 fully saturated rings. The minimum absolute atomic E-state index is 0.413. The van der Waals surface area contributed by atoms with E-state index in [0.29, 0.717) is 31.5 Å². The van der Waals surface area contributed by atoms with Crippen molar-refractivity contribution in [3.8, 4) is 0 Å². The summed E-state index contributed by atoms with van der Waals surface area (Å²) in [5.41, 5.74) is 0. The molecular weight excluding hydrogens is 290 g/mol. The highest BCUT2D eigenvalue weighted by atomic mass is 32.2. The molecule has 0 aromatic carbocycles. The van der Waals surface area contributed by atoms with Crippen LogP contribution in [0.25, 0.3) is 0 Å². The lowest BCUT2D eigenvalue weighted by atomic mass is 10.00. The topological polar surface area (TPSA) is 70.7 Å². The molecule has 0 aliphatic carbocycles. The van der Waals surface area contributed by atoms with Crippen LogP contribution in [0.1, 0.15) is 32.6 Å². The number of hydrogen-bond donors (Lipinski definition) is 2. The van der Waals surface area contributed by atoms with Gasteiger partial charge in [0.25, 0.3) is 10.2 Å². The molecule has 0 radical (unpaired) electrons. The molecule has 2 aliphatic heterocycles. The van der Waals surface area contributed by atoms with Crippen LogP contribution in [-0.2, 0) is 14.9 Å². The van der Waals surface area contributed by atoms with Crippen LogP contribution in [0, 0.1) is 11.8 Å². The fraction of sp³-hybridized carbons (Fsp3) is 1.00. The second kappa shape index (κ2) is 8.43. The zero-order valence-electron chi connectivity index (χ0n) is 13.0. The normalized spacial score (nSPS) is 26.0. The van der Waals surface area contributed by atoms with Crippen LogP contribution in [0.5, 0.6) is 0 Å². The first-order valence-corrected chi connectivity index (χ1v) is 9.59. The van der Waals surface area contributed by atoms with Crippen molar-refractivity contribution in [2.45, 2.75) is 32.6 Å². The van der Waals surface area contributed by atoms with E-state index in [-0.39, 0.29) is 0 Å². The van der Waals surface area contributed by atoms with Crippen molar-refractivity contribution < 1.29 is 13.2 Å². The first-order valence-electron chi connectivity index (χ1n) is 8.15. The Kier molecular flexibility index (Phi) is 6.88. The molecule has 0 aromatic rings. The molecule has 0 spiro atoms. The summed E-state index contributed by atoms with van der Waals surface area (Å²) in [7, 11) is -3.33. The van der Waals surface area contributed by atoms with Gasteiger partial charge in [0.05, 0.1) is 0 Å². The predicted octanol–water partition coefficient (Wildman–Crippen LogP) is 0.569. The zero-order chi connectivity index (χ0) is 15.1. The van der Waals surface area contributed by atoms with Gasteiger partial charge in [0.15, 0.2) is 0 Å². The molecular formula is C14H29N3O3S. The number of ether oxygens (including phenoxy) is 1. The number of nitrogens with zero attached hydrogens (tertiary/aromatic N) is 1. The lowest BCUT2D eigenvalue weighted by Crippen LogP contribution is -2.48. The summed E-state index contributed by atoms with van der Waals surface area (Å²) in [4.78, 5) is 0. The van der Waals surface area contributed by atoms with Gasteiger partial charge in [-0.1, -0.05) is 6.92 Å². The Balaban J connectivity index is 1.80. The van der Waals surface area contributed by atoms with Gasteiger partial charge in [-0.3, -0.25) is 0 Å². The largest absolute Gasteiger partial charge is 0.381 e. The molecule has 2 N–H and O–H groups in total. The maximum absolute atomic E-state index is 12.4. The van der Waals surface area contributed by atoms with Crippen LogP contribution in [-0.4, -0.2) is 58.7 Å². The predicted molar refractivity (Wildman–Crippen MR) is 83.3 cm³/mol. The van der Waals surface area contributed by atoms with Crippen molar-refractivity contribution in [2.75, 3.05) is 45.9 Å². The SMILES string of the molecule is CCNCC1CCCN(S(=O)(=O)NCC2CCOCC2)C1. The van der Waals surface area contributed by atoms with Gasteiger partial charge in [0, 0.05) is 32.8 Å². The molecule has 0 aromatic heterocycles. The Morgan fingerprint density at radius 2 is 1.90 bits per heavy atom. The van der Waals surface area contributed by atoms with Crippen molar-refractivity contribution in [2.24, 2.45) is 11.8 Å². The molecule has 0 saturated carbocycles. The van der Waals surface area contributed by atoms with Gasteiger partial charge in [-0.15, -0.1) is 0 Å². The Morgan fingerprint density at radius 3 is 2.62 bits per heavy atom. The molecule has 2 saturated heterocycles. The third kappa shape index (κ3) is 5.49. The molecule has 6 nitrogen and oxygen atoms in total. The van der Waals surface area contributed by atoms with E-state index in [0.717, 1.165) is 52.0 Å². The molecule has 7 heteroatoms. The molecule has 1 atom stereocenters. The minimum Gasteiger partial charge on any atom is -0.381 e. The van der Waals surface area contributed by atoms with Gasteiger partial charge in [0.2, 0.25) is 0 Å². The summed E-state index contributed by atoms with van der Waals surface area (Å²) in [5, 5.41) is 3.32. The molecule has 124 valence electrons. The van der Waals surface area contributed by atoms with Crippen molar-refractivity contribution in [3.05, 3.63) is 0 Å². The Labute approximate surface area is 128 Å². The molecule has 0 bridgehead atoms. The third-order valence-electron chi connectivity index (χ3n) is 4.40. The summed E-state index contributed by atoms with van der Waals surface area (Å²) >= 11 is 0. The summed E-state index contributed by atoms with van der Waals surface area (Å²) in [5.74, 6) is 0.842. The number of rotatable bonds is 7. The van der Waals surface area contributed by atoms with Crippen LogP contribution in [0.3, 0.4) is 0 Å². The van der Waals surface area contributed by atoms with E-state index in [1.54, 1.807) is 4.31 Å². The minimum atomic E-state index is -3.33. The lowest BCUT2D eigenvalue weighted by molar-refractivity contribution is 0.0676. The van der Waals surface area contributed by atoms with E-state index in [4.69, 9.17) is 4.74 Å². The number of nitrogens with one attached hydrogen (secondary N) is 2. The quantitative estimate of drug-likeness (QED) is 0.720. The molecule has 0 amide bonds. The summed E-state index contributed by atoms with van der Waals surface area (Å²) in [6, 6.07) is 0. The first kappa shape index (κ1) is 17.1.